The van der Waals surface area contributed by atoms with E-state index in [0.29, 0.717) is 11.3 Å². The van der Waals surface area contributed by atoms with E-state index in [1.54, 1.807) is 31.2 Å². The number of anilines is 1. The zero-order chi connectivity index (χ0) is 18.2. The van der Waals surface area contributed by atoms with Crippen molar-refractivity contribution < 1.29 is 19.2 Å². The molecule has 0 bridgehead atoms. The number of hydrogen-bond acceptors (Lipinski definition) is 5. The third-order valence-corrected chi connectivity index (χ3v) is 3.41. The molecule has 0 saturated carbocycles. The van der Waals surface area contributed by atoms with Crippen molar-refractivity contribution >= 4 is 23.8 Å². The van der Waals surface area contributed by atoms with Crippen molar-refractivity contribution in [3.05, 3.63) is 65.2 Å². The Kier molecular flexibility index (Phi) is 6.28. The first-order valence-corrected chi connectivity index (χ1v) is 7.74. The van der Waals surface area contributed by atoms with Crippen LogP contribution in [0.1, 0.15) is 28.4 Å². The van der Waals surface area contributed by atoms with E-state index in [1.807, 2.05) is 31.2 Å². The number of amides is 1. The van der Waals surface area contributed by atoms with Gasteiger partial charge in [0.1, 0.15) is 0 Å². The highest BCUT2D eigenvalue weighted by Crippen LogP contribution is 2.10. The van der Waals surface area contributed by atoms with Crippen LogP contribution < -0.4 is 5.32 Å². The summed E-state index contributed by atoms with van der Waals surface area (Å²) < 4.78 is 4.63. The average Bonchev–Trinajstić information content (AvgIpc) is 2.61. The van der Waals surface area contributed by atoms with Crippen molar-refractivity contribution in [1.29, 1.82) is 0 Å². The third-order valence-electron chi connectivity index (χ3n) is 3.41. The van der Waals surface area contributed by atoms with E-state index in [9.17, 15) is 9.59 Å². The Morgan fingerprint density at radius 2 is 1.88 bits per heavy atom. The van der Waals surface area contributed by atoms with Crippen LogP contribution >= 0.6 is 0 Å². The number of nitrogens with zero attached hydrogens (tertiary/aromatic N) is 1. The predicted molar refractivity (Wildman–Crippen MR) is 95.7 cm³/mol. The number of hydrogen-bond donors (Lipinski definition) is 1. The summed E-state index contributed by atoms with van der Waals surface area (Å²) in [4.78, 5) is 28.6. The zero-order valence-corrected chi connectivity index (χ0v) is 14.4. The summed E-state index contributed by atoms with van der Waals surface area (Å²) in [5.74, 6) is -0.690. The summed E-state index contributed by atoms with van der Waals surface area (Å²) in [6, 6.07) is 14.2. The lowest BCUT2D eigenvalue weighted by atomic mass is 10.1. The Morgan fingerprint density at radius 3 is 2.52 bits per heavy atom. The van der Waals surface area contributed by atoms with Gasteiger partial charge in [-0.3, -0.25) is 4.79 Å². The lowest BCUT2D eigenvalue weighted by Gasteiger charge is -2.10. The molecule has 130 valence electrons. The maximum Gasteiger partial charge on any atom is 0.337 e. The highest BCUT2D eigenvalue weighted by molar-refractivity contribution is 5.94. The fourth-order valence-electron chi connectivity index (χ4n) is 2.02. The fourth-order valence-corrected chi connectivity index (χ4v) is 2.02. The molecular formula is C19H20N2O4. The maximum absolute atomic E-state index is 12.1. The van der Waals surface area contributed by atoms with Crippen LogP contribution in [-0.4, -0.2) is 31.3 Å². The first-order chi connectivity index (χ1) is 12.0. The molecule has 25 heavy (non-hydrogen) atoms. The van der Waals surface area contributed by atoms with Crippen LogP contribution in [-0.2, 0) is 14.4 Å². The van der Waals surface area contributed by atoms with E-state index in [4.69, 9.17) is 4.84 Å². The van der Waals surface area contributed by atoms with Crippen LogP contribution in [0.15, 0.2) is 53.7 Å². The van der Waals surface area contributed by atoms with Crippen molar-refractivity contribution in [2.24, 2.45) is 5.16 Å². The summed E-state index contributed by atoms with van der Waals surface area (Å²) in [6.45, 7) is 3.56. The molecule has 6 nitrogen and oxygen atoms in total. The molecule has 1 amide bonds. The van der Waals surface area contributed by atoms with Gasteiger partial charge in [-0.2, -0.15) is 0 Å². The molecule has 1 unspecified atom stereocenters. The number of rotatable bonds is 6. The van der Waals surface area contributed by atoms with Gasteiger partial charge in [0.05, 0.1) is 18.9 Å². The summed E-state index contributed by atoms with van der Waals surface area (Å²) >= 11 is 0. The van der Waals surface area contributed by atoms with E-state index < -0.39 is 12.1 Å². The number of ether oxygens (including phenoxy) is 1. The minimum absolute atomic E-state index is 0.288. The standard InChI is InChI=1S/C19H20N2O4/c1-13-5-4-6-17(11-13)21-18(22)14(2)25-20-12-15-7-9-16(10-8-15)19(23)24-3/h4-12,14H,1-3H3,(H,21,22)/b20-12+. The van der Waals surface area contributed by atoms with Crippen molar-refractivity contribution in [3.63, 3.8) is 0 Å². The van der Waals surface area contributed by atoms with Crippen molar-refractivity contribution in [2.45, 2.75) is 20.0 Å². The summed E-state index contributed by atoms with van der Waals surface area (Å²) in [6.07, 6.45) is 0.725. The smallest absolute Gasteiger partial charge is 0.337 e. The van der Waals surface area contributed by atoms with Gasteiger partial charge in [0.2, 0.25) is 6.10 Å². The van der Waals surface area contributed by atoms with Gasteiger partial charge in [-0.15, -0.1) is 0 Å². The summed E-state index contributed by atoms with van der Waals surface area (Å²) in [5.41, 5.74) is 2.95. The Balaban J connectivity index is 1.88. The van der Waals surface area contributed by atoms with Crippen LogP contribution in [0.5, 0.6) is 0 Å². The van der Waals surface area contributed by atoms with E-state index in [-0.39, 0.29) is 5.91 Å². The van der Waals surface area contributed by atoms with Gasteiger partial charge in [-0.05, 0) is 49.2 Å². The van der Waals surface area contributed by atoms with Crippen molar-refractivity contribution in [1.82, 2.24) is 0 Å². The molecule has 0 aliphatic carbocycles. The number of benzene rings is 2. The second-order valence-electron chi connectivity index (χ2n) is 5.45. The fraction of sp³-hybridized carbons (Fsp3) is 0.211. The third kappa shape index (κ3) is 5.46. The number of carbonyl (C=O) groups is 2. The summed E-state index contributed by atoms with van der Waals surface area (Å²) in [5, 5.41) is 6.58. The number of methoxy groups -OCH3 is 1. The SMILES string of the molecule is COC(=O)c1ccc(/C=N/OC(C)C(=O)Nc2cccc(C)c2)cc1. The lowest BCUT2D eigenvalue weighted by molar-refractivity contribution is -0.126. The molecule has 0 saturated heterocycles. The highest BCUT2D eigenvalue weighted by Gasteiger charge is 2.14. The second kappa shape index (κ2) is 8.63. The molecule has 0 fully saturated rings. The monoisotopic (exact) mass is 340 g/mol. The van der Waals surface area contributed by atoms with E-state index >= 15 is 0 Å². The number of oxime groups is 1. The molecule has 1 N–H and O–H groups in total. The molecule has 2 aromatic carbocycles. The largest absolute Gasteiger partial charge is 0.465 e. The number of carbonyl (C=O) groups excluding carboxylic acids is 2. The molecule has 2 rings (SSSR count). The van der Waals surface area contributed by atoms with Crippen LogP contribution in [0.2, 0.25) is 0 Å². The number of aryl methyl sites for hydroxylation is 1. The normalized spacial score (nSPS) is 11.8. The van der Waals surface area contributed by atoms with Gasteiger partial charge >= 0.3 is 5.97 Å². The molecule has 0 heterocycles. The van der Waals surface area contributed by atoms with Crippen LogP contribution in [0.3, 0.4) is 0 Å². The topological polar surface area (TPSA) is 77.0 Å². The summed E-state index contributed by atoms with van der Waals surface area (Å²) in [7, 11) is 1.33. The number of nitrogens with one attached hydrogen (secondary N) is 1. The maximum atomic E-state index is 12.1. The van der Waals surface area contributed by atoms with Gasteiger partial charge in [-0.1, -0.05) is 29.4 Å². The van der Waals surface area contributed by atoms with E-state index in [1.165, 1.54) is 13.3 Å². The lowest BCUT2D eigenvalue weighted by Crippen LogP contribution is -2.26. The Morgan fingerprint density at radius 1 is 1.16 bits per heavy atom. The first-order valence-electron chi connectivity index (χ1n) is 7.74. The van der Waals surface area contributed by atoms with Gasteiger partial charge in [-0.25, -0.2) is 4.79 Å². The number of esters is 1. The molecule has 6 heteroatoms. The van der Waals surface area contributed by atoms with Crippen LogP contribution in [0.25, 0.3) is 0 Å². The Labute approximate surface area is 146 Å². The second-order valence-corrected chi connectivity index (χ2v) is 5.45. The zero-order valence-electron chi connectivity index (χ0n) is 14.4. The van der Waals surface area contributed by atoms with Crippen molar-refractivity contribution in [3.8, 4) is 0 Å². The van der Waals surface area contributed by atoms with Gasteiger partial charge in [0, 0.05) is 5.69 Å². The predicted octanol–water partition coefficient (Wildman–Crippen LogP) is 3.16. The molecule has 0 aliphatic heterocycles. The molecular weight excluding hydrogens is 320 g/mol. The molecule has 0 radical (unpaired) electrons. The van der Waals surface area contributed by atoms with Gasteiger partial charge in [0.25, 0.3) is 5.91 Å². The first kappa shape index (κ1) is 18.2. The minimum atomic E-state index is -0.744. The Hall–Kier alpha value is -3.15. The van der Waals surface area contributed by atoms with Crippen molar-refractivity contribution in [2.75, 3.05) is 12.4 Å². The van der Waals surface area contributed by atoms with E-state index in [0.717, 1.165) is 11.1 Å². The molecule has 1 atom stereocenters. The molecule has 2 aromatic rings. The molecule has 0 aliphatic rings. The molecule has 0 spiro atoms. The Bertz CT molecular complexity index is 769. The van der Waals surface area contributed by atoms with Gasteiger partial charge in [0.15, 0.2) is 0 Å². The highest BCUT2D eigenvalue weighted by atomic mass is 16.6. The van der Waals surface area contributed by atoms with E-state index in [2.05, 4.69) is 15.2 Å². The quantitative estimate of drug-likeness (QED) is 0.498. The average molecular weight is 340 g/mol. The minimum Gasteiger partial charge on any atom is -0.465 e. The molecule has 0 aromatic heterocycles. The van der Waals surface area contributed by atoms with Gasteiger partial charge < -0.3 is 14.9 Å². The van der Waals surface area contributed by atoms with Crippen LogP contribution in [0, 0.1) is 6.92 Å². The van der Waals surface area contributed by atoms with Crippen LogP contribution in [0.4, 0.5) is 5.69 Å².